The molecule has 2 saturated carbocycles. The van der Waals surface area contributed by atoms with Crippen LogP contribution in [-0.2, 0) is 87.2 Å². The maximum atomic E-state index is 13.9. The zero-order valence-electron chi connectivity index (χ0n) is 44.8. The number of rotatable bonds is 28. The van der Waals surface area contributed by atoms with Gasteiger partial charge in [0.2, 0.25) is 37.1 Å². The normalized spacial score (nSPS) is 30.4. The van der Waals surface area contributed by atoms with Crippen molar-refractivity contribution in [1.29, 1.82) is 0 Å². The molecule has 2 aliphatic carbocycles. The summed E-state index contributed by atoms with van der Waals surface area (Å²) in [5.74, 6) is -4.39. The summed E-state index contributed by atoms with van der Waals surface area (Å²) in [7, 11) is -15.6. The molecule has 6 unspecified atom stereocenters. The van der Waals surface area contributed by atoms with Gasteiger partial charge in [0.05, 0.1) is 43.6 Å². The van der Waals surface area contributed by atoms with Gasteiger partial charge in [-0.3, -0.25) is 24.7 Å². The van der Waals surface area contributed by atoms with E-state index in [1.54, 1.807) is 0 Å². The number of hydrogen-bond donors (Lipinski definition) is 7. The Kier molecular flexibility index (Phi) is 40.9. The first-order valence-corrected chi connectivity index (χ1v) is 27.9. The number of carbonyl (C=O) groups is 4. The quantitative estimate of drug-likeness (QED) is 0.0126. The topological polar surface area (TPSA) is 470 Å². The van der Waals surface area contributed by atoms with Crippen LogP contribution in [0.25, 0.3) is 0 Å². The Morgan fingerprint density at radius 2 is 1.37 bits per heavy atom. The van der Waals surface area contributed by atoms with Gasteiger partial charge in [-0.05, 0) is 63.4 Å². The molecule has 0 aromatic heterocycles. The van der Waals surface area contributed by atoms with Crippen LogP contribution in [0.4, 0.5) is 0 Å². The third-order valence-corrected chi connectivity index (χ3v) is 13.7. The molecule has 4 rings (SSSR count). The van der Waals surface area contributed by atoms with E-state index in [4.69, 9.17) is 45.9 Å². The van der Waals surface area contributed by atoms with Gasteiger partial charge < -0.3 is 91.8 Å². The zero-order chi connectivity index (χ0) is 55.7. The first-order valence-electron chi connectivity index (χ1n) is 23.9. The molecular formula is C42H68NNa4O28S3-. The number of ether oxygens (including phenoxy) is 6. The van der Waals surface area contributed by atoms with Crippen LogP contribution in [-0.4, -0.2) is 205 Å². The van der Waals surface area contributed by atoms with Crippen LogP contribution in [0.1, 0.15) is 104 Å². The predicted octanol–water partition coefficient (Wildman–Crippen LogP) is -15.7. The van der Waals surface area contributed by atoms with E-state index >= 15 is 0 Å². The molecule has 29 nitrogen and oxygen atoms in total. The summed E-state index contributed by atoms with van der Waals surface area (Å²) in [5, 5.41) is 68.9. The molecule has 7 N–H and O–H groups in total. The van der Waals surface area contributed by atoms with E-state index in [9.17, 15) is 75.8 Å². The van der Waals surface area contributed by atoms with E-state index < -0.39 is 160 Å². The van der Waals surface area contributed by atoms with Crippen molar-refractivity contribution in [2.45, 2.75) is 190 Å². The fraction of sp³-hybridized carbons (Fsp3) is 0.881. The van der Waals surface area contributed by atoms with E-state index in [1.165, 1.54) is 13.8 Å². The molecule has 2 saturated heterocycles. The third-order valence-electron chi connectivity index (χ3n) is 12.8. The second kappa shape index (κ2) is 39.2. The van der Waals surface area contributed by atoms with E-state index in [2.05, 4.69) is 13.7 Å². The van der Waals surface area contributed by atoms with Crippen LogP contribution in [0.2, 0.25) is 0 Å². The Balaban J connectivity index is 0. The molecular weight excluding hydrogens is 1150 g/mol. The van der Waals surface area contributed by atoms with E-state index in [0.717, 1.165) is 32.1 Å². The van der Waals surface area contributed by atoms with Crippen LogP contribution in [0.15, 0.2) is 0 Å². The van der Waals surface area contributed by atoms with Gasteiger partial charge in [-0.25, -0.2) is 25.3 Å². The number of hydrogen-bond acceptors (Lipinski definition) is 27. The van der Waals surface area contributed by atoms with Crippen molar-refractivity contribution in [3.05, 3.63) is 6.42 Å². The molecule has 1 amide bonds. The van der Waals surface area contributed by atoms with Crippen LogP contribution in [0, 0.1) is 24.2 Å². The van der Waals surface area contributed by atoms with E-state index in [-0.39, 0.29) is 188 Å². The van der Waals surface area contributed by atoms with Crippen LogP contribution < -0.4 is 129 Å². The van der Waals surface area contributed by atoms with E-state index in [0.29, 0.717) is 12.8 Å². The molecule has 0 aromatic rings. The summed E-state index contributed by atoms with van der Waals surface area (Å²) in [4.78, 5) is 51.5. The van der Waals surface area contributed by atoms with Crippen molar-refractivity contribution in [2.75, 3.05) is 26.4 Å². The molecule has 4 aliphatic rings. The number of carboxylic acid groups (broad SMARTS) is 1. The summed E-state index contributed by atoms with van der Waals surface area (Å²) in [6.45, 7) is 2.46. The Morgan fingerprint density at radius 3 is 1.90 bits per heavy atom. The van der Waals surface area contributed by atoms with Gasteiger partial charge in [0.25, 0.3) is 0 Å². The number of ketones is 2. The van der Waals surface area contributed by atoms with Crippen molar-refractivity contribution in [3.8, 4) is 0 Å². The Labute approximate surface area is 543 Å². The molecule has 2 heterocycles. The monoisotopic (exact) mass is 1220 g/mol. The maximum Gasteiger partial charge on any atom is 1.00 e. The number of carboxylic acids is 1. The minimum atomic E-state index is -5.41. The van der Waals surface area contributed by atoms with Crippen LogP contribution >= 0.6 is 0 Å². The average molecular weight is 1220 g/mol. The average Bonchev–Trinajstić information content (AvgIpc) is 3.29. The molecule has 0 aromatic carbocycles. The largest absolute Gasteiger partial charge is 1.00 e. The summed E-state index contributed by atoms with van der Waals surface area (Å²) in [5.41, 5.74) is 0. The molecule has 0 bridgehead atoms. The number of amides is 1. The number of aliphatic carboxylic acids is 1. The van der Waals surface area contributed by atoms with Crippen molar-refractivity contribution in [1.82, 2.24) is 5.32 Å². The smallest absolute Gasteiger partial charge is 0.726 e. The van der Waals surface area contributed by atoms with Gasteiger partial charge in [0.15, 0.2) is 12.6 Å². The van der Waals surface area contributed by atoms with Crippen molar-refractivity contribution >= 4 is 54.6 Å². The van der Waals surface area contributed by atoms with Crippen molar-refractivity contribution in [2.24, 2.45) is 17.8 Å². The third kappa shape index (κ3) is 30.1. The molecule has 36 heteroatoms. The first kappa shape index (κ1) is 81.4. The minimum absolute atomic E-state index is 0. The van der Waals surface area contributed by atoms with Gasteiger partial charge >= 0.3 is 118 Å². The number of aliphatic hydroxyl groups is 5. The zero-order valence-corrected chi connectivity index (χ0v) is 55.3. The standard InChI is InChI=1S/C42H70NO24S2.4Na.H2O4S/c1-4-25-17-26(29(47)13-9-15-60-14-8-12-27(46)19-28(67-69(57,58)59)21-61-68(54,55)56)18-30(38(25)66-42-37(51)36(50)34(48)22(2)62-42)64-41-33(43-23(3)45)39(35(49)32(20-44)65-41)63-31(40(52)53)16-24-10-6-5-7-11-24;;;;;1-5(2,3)4/h19,22,24-26,28,30-39,41-42,44,48-51H,4-18,20-21H2,1-3H3,(H,43,45)(H,52,53)(H,54,55,56)(H,57,58,59);;;;;(H2,1,2,3,4)/q-1;4*+1;/p-4/t22?,25?,26?,28-,30+,31-,32-,33?,34+,35-,36-,37?,38+,39?,41+,42-;;;;;/m0...../s1. The van der Waals surface area contributed by atoms with Gasteiger partial charge in [0, 0.05) is 38.3 Å². The van der Waals surface area contributed by atoms with Gasteiger partial charge in [-0.2, -0.15) is 0 Å². The molecule has 4 fully saturated rings. The fourth-order valence-corrected chi connectivity index (χ4v) is 10.0. The van der Waals surface area contributed by atoms with Crippen LogP contribution in [0.3, 0.4) is 0 Å². The fourth-order valence-electron chi connectivity index (χ4n) is 9.32. The summed E-state index contributed by atoms with van der Waals surface area (Å²) in [6, 6.07) is -1.40. The molecule has 432 valence electrons. The SMILES string of the molecule is CCC1CC(C(=O)CCCOCCCC(=O)[CH-][C@@H](COS(=O)(=O)[O-])OS(=O)(=O)[O-])C[C@@H](O[C@@H]2O[C@@H](CO)[C@H](O)C(O[C@@H](CC3CCCCC3)C(=O)[O-])C2NC(C)=O)[C@@H]1O[C@@H]1OC(C)[C@@H](O)[C@H](O)C1O.O=S(=O)([O-])O.[Na+].[Na+].[Na+].[Na+]. The van der Waals surface area contributed by atoms with Gasteiger partial charge in [0.1, 0.15) is 48.4 Å². The Hall–Kier alpha value is 1.32. The van der Waals surface area contributed by atoms with Crippen molar-refractivity contribution in [3.63, 3.8) is 0 Å². The summed E-state index contributed by atoms with van der Waals surface area (Å²) < 4.78 is 142. The van der Waals surface area contributed by atoms with Crippen molar-refractivity contribution < 1.29 is 248 Å². The van der Waals surface area contributed by atoms with Gasteiger partial charge in [-0.15, -0.1) is 0 Å². The first-order chi connectivity index (χ1) is 34.4. The second-order valence-corrected chi connectivity index (χ2v) is 21.4. The molecule has 16 atom stereocenters. The van der Waals surface area contributed by atoms with E-state index in [1.807, 2.05) is 6.92 Å². The molecule has 0 radical (unpaired) electrons. The minimum Gasteiger partial charge on any atom is -0.726 e. The number of Topliss-reactive ketones (excluding diaryl/α,β-unsaturated/α-hetero) is 2. The Morgan fingerprint density at radius 1 is 0.782 bits per heavy atom. The molecule has 78 heavy (non-hydrogen) atoms. The number of aliphatic hydroxyl groups excluding tert-OH is 5. The second-order valence-electron chi connectivity index (χ2n) is 18.5. The Bertz CT molecular complexity index is 2130. The van der Waals surface area contributed by atoms with Crippen LogP contribution in [0.5, 0.6) is 0 Å². The summed E-state index contributed by atoms with van der Waals surface area (Å²) in [6.07, 6.45) is -13.6. The maximum absolute atomic E-state index is 13.9. The number of carbonyl (C=O) groups excluding carboxylic acids is 4. The summed E-state index contributed by atoms with van der Waals surface area (Å²) >= 11 is 0. The number of nitrogens with one attached hydrogen (secondary N) is 1. The molecule has 0 spiro atoms. The van der Waals surface area contributed by atoms with Gasteiger partial charge in [-0.1, -0.05) is 45.4 Å². The molecule has 2 aliphatic heterocycles. The predicted molar refractivity (Wildman–Crippen MR) is 239 cm³/mol.